The monoisotopic (exact) mass is 402 g/mol. The SMILES string of the molecule is c1csc(-c2csc3nc(CN4CCOCC4)nc(N4CCOCC4)c23)c1. The zero-order valence-corrected chi connectivity index (χ0v) is 16.7. The van der Waals surface area contributed by atoms with E-state index >= 15 is 0 Å². The zero-order chi connectivity index (χ0) is 18.1. The highest BCUT2D eigenvalue weighted by Crippen LogP contribution is 2.40. The fraction of sp³-hybridized carbons (Fsp3) is 0.474. The van der Waals surface area contributed by atoms with Crippen molar-refractivity contribution in [3.8, 4) is 10.4 Å². The molecule has 0 saturated carbocycles. The Morgan fingerprint density at radius 2 is 1.74 bits per heavy atom. The summed E-state index contributed by atoms with van der Waals surface area (Å²) in [6.45, 7) is 7.51. The number of anilines is 1. The van der Waals surface area contributed by atoms with Crippen molar-refractivity contribution in [2.75, 3.05) is 57.5 Å². The highest BCUT2D eigenvalue weighted by molar-refractivity contribution is 7.18. The molecule has 0 amide bonds. The van der Waals surface area contributed by atoms with Gasteiger partial charge in [-0.15, -0.1) is 22.7 Å². The highest BCUT2D eigenvalue weighted by atomic mass is 32.1. The molecule has 0 aromatic carbocycles. The van der Waals surface area contributed by atoms with E-state index in [2.05, 4.69) is 32.7 Å². The molecular formula is C19H22N4O2S2. The molecule has 2 fully saturated rings. The van der Waals surface area contributed by atoms with Gasteiger partial charge in [0.25, 0.3) is 0 Å². The molecule has 0 radical (unpaired) electrons. The molecule has 6 nitrogen and oxygen atoms in total. The maximum atomic E-state index is 5.57. The molecule has 0 bridgehead atoms. The second kappa shape index (κ2) is 7.81. The summed E-state index contributed by atoms with van der Waals surface area (Å²) in [5.74, 6) is 1.97. The largest absolute Gasteiger partial charge is 0.379 e. The fourth-order valence-corrected chi connectivity index (χ4v) is 5.39. The number of thiophene rings is 2. The summed E-state index contributed by atoms with van der Waals surface area (Å²) < 4.78 is 11.0. The first-order valence-corrected chi connectivity index (χ1v) is 11.1. The maximum Gasteiger partial charge on any atom is 0.146 e. The molecule has 142 valence electrons. The maximum absolute atomic E-state index is 5.57. The first-order chi connectivity index (χ1) is 13.4. The van der Waals surface area contributed by atoms with Crippen LogP contribution in [0.15, 0.2) is 22.9 Å². The second-order valence-electron chi connectivity index (χ2n) is 6.76. The standard InChI is InChI=1S/C19H22N4O2S2/c1-2-15(26-11-1)14-13-27-19-17(14)18(23-5-9-25-10-6-23)20-16(21-19)12-22-3-7-24-8-4-22/h1-2,11,13H,3-10,12H2. The van der Waals surface area contributed by atoms with Crippen molar-refractivity contribution in [3.05, 3.63) is 28.7 Å². The third-order valence-corrected chi connectivity index (χ3v) is 6.80. The molecule has 3 aromatic rings. The van der Waals surface area contributed by atoms with Gasteiger partial charge in [-0.25, -0.2) is 9.97 Å². The topological polar surface area (TPSA) is 50.7 Å². The molecule has 5 heterocycles. The smallest absolute Gasteiger partial charge is 0.146 e. The van der Waals surface area contributed by atoms with Gasteiger partial charge in [0.1, 0.15) is 16.5 Å². The predicted octanol–water partition coefficient (Wildman–Crippen LogP) is 3.09. The summed E-state index contributed by atoms with van der Waals surface area (Å²) in [5.41, 5.74) is 1.25. The quantitative estimate of drug-likeness (QED) is 0.668. The summed E-state index contributed by atoms with van der Waals surface area (Å²) in [7, 11) is 0. The van der Waals surface area contributed by atoms with Crippen molar-refractivity contribution in [2.45, 2.75) is 6.54 Å². The summed E-state index contributed by atoms with van der Waals surface area (Å²) in [5, 5.41) is 5.55. The van der Waals surface area contributed by atoms with E-state index in [4.69, 9.17) is 19.4 Å². The van der Waals surface area contributed by atoms with E-state index in [1.807, 2.05) is 0 Å². The Labute approximate surface area is 166 Å². The van der Waals surface area contributed by atoms with Crippen molar-refractivity contribution in [1.82, 2.24) is 14.9 Å². The highest BCUT2D eigenvalue weighted by Gasteiger charge is 2.23. The van der Waals surface area contributed by atoms with Crippen LogP contribution in [0, 0.1) is 0 Å². The van der Waals surface area contributed by atoms with Gasteiger partial charge >= 0.3 is 0 Å². The lowest BCUT2D eigenvalue weighted by Crippen LogP contribution is -2.38. The van der Waals surface area contributed by atoms with Crippen LogP contribution in [0.1, 0.15) is 5.82 Å². The van der Waals surface area contributed by atoms with Crippen molar-refractivity contribution in [3.63, 3.8) is 0 Å². The molecule has 2 aliphatic rings. The van der Waals surface area contributed by atoms with Crippen LogP contribution in [0.25, 0.3) is 20.7 Å². The molecule has 3 aromatic heterocycles. The lowest BCUT2D eigenvalue weighted by Gasteiger charge is -2.30. The number of ether oxygens (including phenoxy) is 2. The van der Waals surface area contributed by atoms with E-state index in [-0.39, 0.29) is 0 Å². The molecule has 0 atom stereocenters. The van der Waals surface area contributed by atoms with Gasteiger partial charge in [-0.2, -0.15) is 0 Å². The number of nitrogens with zero attached hydrogens (tertiary/aromatic N) is 4. The van der Waals surface area contributed by atoms with E-state index in [1.165, 1.54) is 15.8 Å². The number of rotatable bonds is 4. The van der Waals surface area contributed by atoms with E-state index in [9.17, 15) is 0 Å². The lowest BCUT2D eigenvalue weighted by molar-refractivity contribution is 0.0331. The number of fused-ring (bicyclic) bond motifs is 1. The van der Waals surface area contributed by atoms with Crippen molar-refractivity contribution in [2.24, 2.45) is 0 Å². The molecule has 27 heavy (non-hydrogen) atoms. The summed E-state index contributed by atoms with van der Waals surface area (Å²) in [6, 6.07) is 4.28. The van der Waals surface area contributed by atoms with E-state index in [0.717, 1.165) is 75.6 Å². The Morgan fingerprint density at radius 3 is 2.48 bits per heavy atom. The first-order valence-electron chi connectivity index (χ1n) is 9.33. The van der Waals surface area contributed by atoms with Gasteiger partial charge in [0, 0.05) is 42.0 Å². The molecule has 2 saturated heterocycles. The van der Waals surface area contributed by atoms with Gasteiger partial charge < -0.3 is 14.4 Å². The molecule has 0 unspecified atom stereocenters. The van der Waals surface area contributed by atoms with Gasteiger partial charge in [0.2, 0.25) is 0 Å². The summed E-state index contributed by atoms with van der Waals surface area (Å²) >= 11 is 3.49. The summed E-state index contributed by atoms with van der Waals surface area (Å²) in [6.07, 6.45) is 0. The van der Waals surface area contributed by atoms with Crippen LogP contribution in [-0.4, -0.2) is 67.5 Å². The average Bonchev–Trinajstić information content (AvgIpc) is 3.38. The third-order valence-electron chi connectivity index (χ3n) is 5.03. The minimum atomic E-state index is 0.753. The van der Waals surface area contributed by atoms with E-state index < -0.39 is 0 Å². The van der Waals surface area contributed by atoms with Gasteiger partial charge in [-0.05, 0) is 11.4 Å². The van der Waals surface area contributed by atoms with Crippen LogP contribution >= 0.6 is 22.7 Å². The molecule has 0 aliphatic carbocycles. The van der Waals surface area contributed by atoms with Crippen molar-refractivity contribution in [1.29, 1.82) is 0 Å². The van der Waals surface area contributed by atoms with Gasteiger partial charge in [-0.3, -0.25) is 4.90 Å². The van der Waals surface area contributed by atoms with Crippen LogP contribution in [0.4, 0.5) is 5.82 Å². The number of hydrogen-bond acceptors (Lipinski definition) is 8. The van der Waals surface area contributed by atoms with Crippen LogP contribution < -0.4 is 4.90 Å². The normalized spacial score (nSPS) is 19.0. The van der Waals surface area contributed by atoms with E-state index in [0.29, 0.717) is 0 Å². The molecular weight excluding hydrogens is 380 g/mol. The van der Waals surface area contributed by atoms with Crippen LogP contribution in [0.3, 0.4) is 0 Å². The summed E-state index contributed by atoms with van der Waals surface area (Å²) in [4.78, 5) is 17.1. The Morgan fingerprint density at radius 1 is 0.963 bits per heavy atom. The van der Waals surface area contributed by atoms with Crippen molar-refractivity contribution >= 4 is 38.7 Å². The number of aromatic nitrogens is 2. The minimum absolute atomic E-state index is 0.753. The second-order valence-corrected chi connectivity index (χ2v) is 8.56. The molecule has 5 rings (SSSR count). The van der Waals surface area contributed by atoms with Gasteiger partial charge in [-0.1, -0.05) is 6.07 Å². The van der Waals surface area contributed by atoms with Gasteiger partial charge in [0.15, 0.2) is 0 Å². The molecule has 2 aliphatic heterocycles. The molecule has 8 heteroatoms. The Balaban J connectivity index is 1.57. The Kier molecular flexibility index (Phi) is 5.06. The molecule has 0 N–H and O–H groups in total. The van der Waals surface area contributed by atoms with E-state index in [1.54, 1.807) is 22.7 Å². The number of morpholine rings is 2. The van der Waals surface area contributed by atoms with Crippen LogP contribution in [0.2, 0.25) is 0 Å². The minimum Gasteiger partial charge on any atom is -0.379 e. The Bertz CT molecular complexity index is 900. The average molecular weight is 403 g/mol. The van der Waals surface area contributed by atoms with Crippen LogP contribution in [-0.2, 0) is 16.0 Å². The molecule has 0 spiro atoms. The Hall–Kier alpha value is -1.58. The fourth-order valence-electron chi connectivity index (χ4n) is 3.61. The zero-order valence-electron chi connectivity index (χ0n) is 15.1. The number of hydrogen-bond donors (Lipinski definition) is 0. The third kappa shape index (κ3) is 3.60. The first kappa shape index (κ1) is 17.5. The van der Waals surface area contributed by atoms with Gasteiger partial charge in [0.05, 0.1) is 38.4 Å². The van der Waals surface area contributed by atoms with Crippen LogP contribution in [0.5, 0.6) is 0 Å². The van der Waals surface area contributed by atoms with Crippen molar-refractivity contribution < 1.29 is 9.47 Å². The predicted molar refractivity (Wildman–Crippen MR) is 110 cm³/mol. The lowest BCUT2D eigenvalue weighted by atomic mass is 10.2.